The summed E-state index contributed by atoms with van der Waals surface area (Å²) < 4.78 is 0. The van der Waals surface area contributed by atoms with Gasteiger partial charge in [-0.2, -0.15) is 5.10 Å². The maximum atomic E-state index is 12.5. The molecule has 0 aromatic carbocycles. The second-order valence-corrected chi connectivity index (χ2v) is 6.52. The minimum absolute atomic E-state index is 0.00753. The summed E-state index contributed by atoms with van der Waals surface area (Å²) in [6.45, 7) is 5.79. The first kappa shape index (κ1) is 16.2. The lowest BCUT2D eigenvalue weighted by molar-refractivity contribution is 0.0987. The Balaban J connectivity index is 1.65. The molecule has 2 N–H and O–H groups in total. The normalized spacial score (nSPS) is 11.2. The van der Waals surface area contributed by atoms with Gasteiger partial charge in [-0.25, -0.2) is 4.98 Å². The van der Waals surface area contributed by atoms with Crippen LogP contribution in [0.15, 0.2) is 36.7 Å². The van der Waals surface area contributed by atoms with Gasteiger partial charge in [0.1, 0.15) is 11.3 Å². The number of aromatic nitrogens is 5. The molecule has 0 fully saturated rings. The molecule has 0 amide bonds. The fraction of sp³-hybridized carbons (Fsp3) is 0.200. The number of aryl methyl sites for hydroxylation is 2. The van der Waals surface area contributed by atoms with Crippen LogP contribution in [-0.4, -0.2) is 30.9 Å². The van der Waals surface area contributed by atoms with Crippen molar-refractivity contribution in [3.05, 3.63) is 64.9 Å². The summed E-state index contributed by atoms with van der Waals surface area (Å²) in [6, 6.07) is 7.99. The highest BCUT2D eigenvalue weighted by atomic mass is 16.1. The van der Waals surface area contributed by atoms with E-state index in [-0.39, 0.29) is 12.2 Å². The molecule has 0 spiro atoms. The molecular formula is C20H19N5O. The number of nitrogens with zero attached hydrogens (tertiary/aromatic N) is 3. The summed E-state index contributed by atoms with van der Waals surface area (Å²) in [5.74, 6) is -0.00753. The third-order valence-corrected chi connectivity index (χ3v) is 4.71. The first-order valence-corrected chi connectivity index (χ1v) is 8.47. The van der Waals surface area contributed by atoms with Gasteiger partial charge in [0.15, 0.2) is 5.78 Å². The Morgan fingerprint density at radius 1 is 1.15 bits per heavy atom. The third kappa shape index (κ3) is 2.79. The molecule has 0 aliphatic carbocycles. The van der Waals surface area contributed by atoms with Crippen molar-refractivity contribution in [3.8, 4) is 11.3 Å². The molecule has 0 unspecified atom stereocenters. The maximum Gasteiger partial charge on any atom is 0.187 e. The number of carbonyl (C=O) groups is 1. The van der Waals surface area contributed by atoms with Gasteiger partial charge in [0.05, 0.1) is 0 Å². The van der Waals surface area contributed by atoms with Gasteiger partial charge >= 0.3 is 0 Å². The molecule has 4 rings (SSSR count). The molecule has 4 aromatic rings. The van der Waals surface area contributed by atoms with E-state index in [0.29, 0.717) is 5.69 Å². The van der Waals surface area contributed by atoms with E-state index in [1.54, 1.807) is 12.4 Å². The Hall–Kier alpha value is -3.28. The number of ketones is 1. The van der Waals surface area contributed by atoms with Gasteiger partial charge in [0.25, 0.3) is 0 Å². The summed E-state index contributed by atoms with van der Waals surface area (Å²) in [7, 11) is 0. The fourth-order valence-electron chi connectivity index (χ4n) is 3.10. The van der Waals surface area contributed by atoms with Crippen LogP contribution in [0.2, 0.25) is 0 Å². The van der Waals surface area contributed by atoms with Crippen molar-refractivity contribution in [3.63, 3.8) is 0 Å². The molecule has 4 heterocycles. The standard InChI is InChI=1S/C20H19N5O/c1-11-12(2)24-25-19(11)18(26)8-14-7-15-9-17(23-20(15)22-10-14)16-5-4-6-21-13(16)3/h4-7,9-10H,8H2,1-3H3,(H,22,23)(H,24,25). The van der Waals surface area contributed by atoms with Crippen LogP contribution in [0.1, 0.15) is 33.0 Å². The quantitative estimate of drug-likeness (QED) is 0.552. The van der Waals surface area contributed by atoms with E-state index in [2.05, 4.69) is 25.1 Å². The first-order valence-electron chi connectivity index (χ1n) is 8.47. The highest BCUT2D eigenvalue weighted by Gasteiger charge is 2.16. The molecule has 0 saturated heterocycles. The second kappa shape index (κ2) is 6.22. The van der Waals surface area contributed by atoms with E-state index in [4.69, 9.17) is 0 Å². The topological polar surface area (TPSA) is 87.3 Å². The van der Waals surface area contributed by atoms with Gasteiger partial charge < -0.3 is 4.98 Å². The van der Waals surface area contributed by atoms with E-state index in [1.807, 2.05) is 45.0 Å². The molecule has 6 nitrogen and oxygen atoms in total. The van der Waals surface area contributed by atoms with E-state index in [1.165, 1.54) is 0 Å². The summed E-state index contributed by atoms with van der Waals surface area (Å²) in [6.07, 6.45) is 3.80. The van der Waals surface area contributed by atoms with Crippen LogP contribution in [0.4, 0.5) is 0 Å². The Morgan fingerprint density at radius 2 is 2.00 bits per heavy atom. The average molecular weight is 345 g/mol. The summed E-state index contributed by atoms with van der Waals surface area (Å²) in [4.78, 5) is 24.7. The van der Waals surface area contributed by atoms with Crippen molar-refractivity contribution in [2.24, 2.45) is 0 Å². The molecule has 130 valence electrons. The number of hydrogen-bond acceptors (Lipinski definition) is 4. The molecule has 4 aromatic heterocycles. The van der Waals surface area contributed by atoms with Gasteiger partial charge in [-0.05, 0) is 50.6 Å². The zero-order chi connectivity index (χ0) is 18.3. The molecule has 0 radical (unpaired) electrons. The van der Waals surface area contributed by atoms with E-state index in [9.17, 15) is 4.79 Å². The minimum atomic E-state index is -0.00753. The number of aromatic amines is 2. The van der Waals surface area contributed by atoms with Crippen LogP contribution in [-0.2, 0) is 6.42 Å². The minimum Gasteiger partial charge on any atom is -0.339 e. The van der Waals surface area contributed by atoms with Crippen molar-refractivity contribution in [2.45, 2.75) is 27.2 Å². The average Bonchev–Trinajstić information content (AvgIpc) is 3.19. The first-order chi connectivity index (χ1) is 12.5. The van der Waals surface area contributed by atoms with Gasteiger partial charge in [-0.1, -0.05) is 0 Å². The summed E-state index contributed by atoms with van der Waals surface area (Å²) in [5.41, 5.74) is 6.97. The van der Waals surface area contributed by atoms with Crippen molar-refractivity contribution in [1.29, 1.82) is 0 Å². The van der Waals surface area contributed by atoms with Gasteiger partial charge in [-0.3, -0.25) is 14.9 Å². The van der Waals surface area contributed by atoms with Crippen LogP contribution in [0.3, 0.4) is 0 Å². The number of nitrogens with one attached hydrogen (secondary N) is 2. The number of H-pyrrole nitrogens is 2. The number of fused-ring (bicyclic) bond motifs is 1. The van der Waals surface area contributed by atoms with Crippen molar-refractivity contribution < 1.29 is 4.79 Å². The van der Waals surface area contributed by atoms with Gasteiger partial charge in [0, 0.05) is 52.4 Å². The maximum absolute atomic E-state index is 12.5. The van der Waals surface area contributed by atoms with Crippen LogP contribution in [0, 0.1) is 20.8 Å². The largest absolute Gasteiger partial charge is 0.339 e. The van der Waals surface area contributed by atoms with Crippen molar-refractivity contribution in [2.75, 3.05) is 0 Å². The number of hydrogen-bond donors (Lipinski definition) is 2. The lowest BCUT2D eigenvalue weighted by Crippen LogP contribution is -2.06. The van der Waals surface area contributed by atoms with Gasteiger partial charge in [-0.15, -0.1) is 0 Å². The highest BCUT2D eigenvalue weighted by molar-refractivity contribution is 5.97. The Bertz CT molecular complexity index is 1120. The predicted octanol–water partition coefficient (Wildman–Crippen LogP) is 3.70. The zero-order valence-electron chi connectivity index (χ0n) is 14.9. The molecule has 0 aliphatic rings. The van der Waals surface area contributed by atoms with Crippen molar-refractivity contribution >= 4 is 16.8 Å². The Labute approximate surface area is 150 Å². The Kier molecular flexibility index (Phi) is 3.88. The lowest BCUT2D eigenvalue weighted by atomic mass is 10.0. The molecular weight excluding hydrogens is 326 g/mol. The van der Waals surface area contributed by atoms with Crippen LogP contribution in [0.5, 0.6) is 0 Å². The summed E-state index contributed by atoms with van der Waals surface area (Å²) >= 11 is 0. The van der Waals surface area contributed by atoms with Crippen LogP contribution >= 0.6 is 0 Å². The van der Waals surface area contributed by atoms with E-state index in [0.717, 1.165) is 44.8 Å². The number of carbonyl (C=O) groups excluding carboxylic acids is 1. The lowest BCUT2D eigenvalue weighted by Gasteiger charge is -2.00. The molecule has 26 heavy (non-hydrogen) atoms. The third-order valence-electron chi connectivity index (χ3n) is 4.71. The SMILES string of the molecule is Cc1ncccc1-c1cc2cc(CC(=O)c3n[nH]c(C)c3C)cnc2[nH]1. The Morgan fingerprint density at radius 3 is 2.73 bits per heavy atom. The molecule has 6 heteroatoms. The predicted molar refractivity (Wildman–Crippen MR) is 100 cm³/mol. The smallest absolute Gasteiger partial charge is 0.187 e. The fourth-order valence-corrected chi connectivity index (χ4v) is 3.10. The zero-order valence-corrected chi connectivity index (χ0v) is 14.9. The monoisotopic (exact) mass is 345 g/mol. The second-order valence-electron chi connectivity index (χ2n) is 6.52. The number of rotatable bonds is 4. The number of pyridine rings is 2. The number of Topliss-reactive ketones (excluding diaryl/α,β-unsaturated/α-hetero) is 1. The molecule has 0 atom stereocenters. The highest BCUT2D eigenvalue weighted by Crippen LogP contribution is 2.25. The van der Waals surface area contributed by atoms with E-state index >= 15 is 0 Å². The van der Waals surface area contributed by atoms with Crippen LogP contribution in [0.25, 0.3) is 22.3 Å². The van der Waals surface area contributed by atoms with E-state index < -0.39 is 0 Å². The summed E-state index contributed by atoms with van der Waals surface area (Å²) in [5, 5.41) is 7.96. The molecule has 0 saturated carbocycles. The van der Waals surface area contributed by atoms with Crippen molar-refractivity contribution in [1.82, 2.24) is 25.1 Å². The molecule has 0 bridgehead atoms. The molecule has 0 aliphatic heterocycles. The van der Waals surface area contributed by atoms with Crippen LogP contribution < -0.4 is 0 Å². The van der Waals surface area contributed by atoms with Gasteiger partial charge in [0.2, 0.25) is 0 Å².